The fraction of sp³-hybridized carbons (Fsp3) is 0.231. The first-order chi connectivity index (χ1) is 18.3. The topological polar surface area (TPSA) is 86.8 Å². The predicted molar refractivity (Wildman–Crippen MR) is 159 cm³/mol. The Hall–Kier alpha value is -2.20. The monoisotopic (exact) mass is 649 g/mol. The average molecular weight is 652 g/mol. The zero-order chi connectivity index (χ0) is 28.9. The number of anilines is 1. The van der Waals surface area contributed by atoms with Crippen LogP contribution in [0, 0.1) is 0 Å². The van der Waals surface area contributed by atoms with Crippen LogP contribution >= 0.6 is 58.0 Å². The number of nitrogens with zero attached hydrogens (tertiary/aromatic N) is 2. The lowest BCUT2D eigenvalue weighted by Crippen LogP contribution is -2.53. The number of hydrogen-bond acceptors (Lipinski definition) is 4. The van der Waals surface area contributed by atoms with Gasteiger partial charge in [0.05, 0.1) is 27.0 Å². The Morgan fingerprint density at radius 2 is 1.51 bits per heavy atom. The fourth-order valence-corrected chi connectivity index (χ4v) is 5.87. The molecule has 7 nitrogen and oxygen atoms in total. The second-order valence-electron chi connectivity index (χ2n) is 8.56. The second kappa shape index (κ2) is 13.4. The number of benzene rings is 3. The molecule has 0 aliphatic carbocycles. The lowest BCUT2D eigenvalue weighted by molar-refractivity contribution is -0.139. The highest BCUT2D eigenvalue weighted by atomic mass is 35.5. The molecular weight excluding hydrogens is 628 g/mol. The van der Waals surface area contributed by atoms with Gasteiger partial charge in [0.1, 0.15) is 12.6 Å². The number of rotatable bonds is 10. The van der Waals surface area contributed by atoms with Crippen molar-refractivity contribution in [3.05, 3.63) is 96.9 Å². The number of nitrogens with one attached hydrogen (secondary N) is 1. The molecule has 2 amide bonds. The summed E-state index contributed by atoms with van der Waals surface area (Å²) in [7, 11) is -2.59. The van der Waals surface area contributed by atoms with Crippen LogP contribution in [0.25, 0.3) is 0 Å². The number of hydrogen-bond donors (Lipinski definition) is 1. The van der Waals surface area contributed by atoms with E-state index in [0.29, 0.717) is 10.6 Å². The fourth-order valence-electron chi connectivity index (χ4n) is 3.85. The van der Waals surface area contributed by atoms with E-state index < -0.39 is 34.4 Å². The Bertz CT molecular complexity index is 1470. The molecule has 0 fully saturated rings. The van der Waals surface area contributed by atoms with Gasteiger partial charge in [-0.15, -0.1) is 0 Å². The van der Waals surface area contributed by atoms with Crippen molar-refractivity contribution in [2.45, 2.75) is 19.0 Å². The van der Waals surface area contributed by atoms with Crippen molar-refractivity contribution in [3.8, 4) is 0 Å². The molecule has 0 heterocycles. The minimum absolute atomic E-state index is 0.0259. The van der Waals surface area contributed by atoms with E-state index in [2.05, 4.69) is 5.32 Å². The molecule has 0 saturated carbocycles. The van der Waals surface area contributed by atoms with Crippen LogP contribution in [-0.2, 0) is 32.6 Å². The molecule has 0 aliphatic heterocycles. The van der Waals surface area contributed by atoms with E-state index in [9.17, 15) is 18.0 Å². The lowest BCUT2D eigenvalue weighted by atomic mass is 10.0. The summed E-state index contributed by atoms with van der Waals surface area (Å²) in [4.78, 5) is 28.4. The van der Waals surface area contributed by atoms with E-state index in [1.54, 1.807) is 12.1 Å². The van der Waals surface area contributed by atoms with Crippen LogP contribution < -0.4 is 9.62 Å². The molecule has 0 spiro atoms. The molecule has 0 saturated heterocycles. The molecule has 208 valence electrons. The van der Waals surface area contributed by atoms with Gasteiger partial charge in [-0.25, -0.2) is 8.42 Å². The Morgan fingerprint density at radius 3 is 2.10 bits per heavy atom. The molecule has 0 bridgehead atoms. The van der Waals surface area contributed by atoms with Gasteiger partial charge in [0, 0.05) is 30.1 Å². The largest absolute Gasteiger partial charge is 0.357 e. The van der Waals surface area contributed by atoms with Gasteiger partial charge in [0.25, 0.3) is 0 Å². The second-order valence-corrected chi connectivity index (χ2v) is 12.5. The van der Waals surface area contributed by atoms with E-state index in [0.717, 1.165) is 16.1 Å². The molecule has 0 unspecified atom stereocenters. The number of carbonyl (C=O) groups excluding carboxylic acids is 2. The van der Waals surface area contributed by atoms with Gasteiger partial charge in [-0.2, -0.15) is 0 Å². The van der Waals surface area contributed by atoms with Crippen LogP contribution in [0.4, 0.5) is 5.69 Å². The third kappa shape index (κ3) is 8.16. The zero-order valence-electron chi connectivity index (χ0n) is 20.8. The van der Waals surface area contributed by atoms with Crippen LogP contribution in [-0.4, -0.2) is 51.0 Å². The SMILES string of the molecule is CNC(=O)[C@H](Cc1ccccc1)N(Cc1ccc(Cl)cc1Cl)C(=O)CN(c1cc(Cl)c(Cl)cc1Cl)S(C)(=O)=O. The molecule has 0 radical (unpaired) electrons. The van der Waals surface area contributed by atoms with Gasteiger partial charge in [-0.05, 0) is 35.4 Å². The van der Waals surface area contributed by atoms with Gasteiger partial charge >= 0.3 is 0 Å². The van der Waals surface area contributed by atoms with Gasteiger partial charge in [-0.3, -0.25) is 13.9 Å². The van der Waals surface area contributed by atoms with Crippen molar-refractivity contribution in [1.29, 1.82) is 0 Å². The van der Waals surface area contributed by atoms with Crippen LogP contribution in [0.15, 0.2) is 60.7 Å². The summed E-state index contributed by atoms with van der Waals surface area (Å²) in [6.07, 6.45) is 1.09. The number of halogens is 5. The van der Waals surface area contributed by atoms with Crippen molar-refractivity contribution >= 4 is 85.5 Å². The van der Waals surface area contributed by atoms with E-state index in [1.807, 2.05) is 30.3 Å². The highest BCUT2D eigenvalue weighted by Crippen LogP contribution is 2.36. The molecule has 3 aromatic carbocycles. The van der Waals surface area contributed by atoms with Crippen LogP contribution in [0.3, 0.4) is 0 Å². The first kappa shape index (κ1) is 31.3. The molecular formula is C26H24Cl5N3O4S. The van der Waals surface area contributed by atoms with E-state index >= 15 is 0 Å². The predicted octanol–water partition coefficient (Wildman–Crippen LogP) is 6.11. The van der Waals surface area contributed by atoms with Gasteiger partial charge < -0.3 is 10.2 Å². The summed E-state index contributed by atoms with van der Waals surface area (Å²) in [6, 6.07) is 15.4. The summed E-state index contributed by atoms with van der Waals surface area (Å²) < 4.78 is 26.5. The van der Waals surface area contributed by atoms with E-state index in [-0.39, 0.29) is 38.7 Å². The Balaban J connectivity index is 2.09. The van der Waals surface area contributed by atoms with Crippen molar-refractivity contribution in [1.82, 2.24) is 10.2 Å². The Kier molecular flexibility index (Phi) is 10.8. The van der Waals surface area contributed by atoms with Gasteiger partial charge in [-0.1, -0.05) is 94.4 Å². The highest BCUT2D eigenvalue weighted by molar-refractivity contribution is 7.92. The minimum Gasteiger partial charge on any atom is -0.357 e. The number of sulfonamides is 1. The molecule has 0 aromatic heterocycles. The zero-order valence-corrected chi connectivity index (χ0v) is 25.4. The third-order valence-corrected chi connectivity index (χ3v) is 8.55. The quantitative estimate of drug-likeness (QED) is 0.268. The van der Waals surface area contributed by atoms with Gasteiger partial charge in [0.2, 0.25) is 21.8 Å². The van der Waals surface area contributed by atoms with Crippen molar-refractivity contribution < 1.29 is 18.0 Å². The van der Waals surface area contributed by atoms with E-state index in [4.69, 9.17) is 58.0 Å². The first-order valence-electron chi connectivity index (χ1n) is 11.4. The lowest BCUT2D eigenvalue weighted by Gasteiger charge is -2.33. The Labute approximate surface area is 252 Å². The summed E-state index contributed by atoms with van der Waals surface area (Å²) >= 11 is 30.9. The number of likely N-dealkylation sites (N-methyl/N-ethyl adjacent to an activating group) is 1. The number of amides is 2. The van der Waals surface area contributed by atoms with Crippen LogP contribution in [0.2, 0.25) is 25.1 Å². The molecule has 39 heavy (non-hydrogen) atoms. The smallest absolute Gasteiger partial charge is 0.244 e. The van der Waals surface area contributed by atoms with Crippen molar-refractivity contribution in [2.75, 3.05) is 24.2 Å². The molecule has 13 heteroatoms. The molecule has 3 rings (SSSR count). The summed E-state index contributed by atoms with van der Waals surface area (Å²) in [5.41, 5.74) is 1.26. The maximum absolute atomic E-state index is 13.9. The minimum atomic E-state index is -4.04. The third-order valence-electron chi connectivity index (χ3n) is 5.81. The van der Waals surface area contributed by atoms with Crippen molar-refractivity contribution in [3.63, 3.8) is 0 Å². The normalized spacial score (nSPS) is 12.1. The van der Waals surface area contributed by atoms with E-state index in [1.165, 1.54) is 30.1 Å². The van der Waals surface area contributed by atoms with Gasteiger partial charge in [0.15, 0.2) is 0 Å². The maximum atomic E-state index is 13.9. The van der Waals surface area contributed by atoms with Crippen molar-refractivity contribution in [2.24, 2.45) is 0 Å². The Morgan fingerprint density at radius 1 is 0.872 bits per heavy atom. The summed E-state index contributed by atoms with van der Waals surface area (Å²) in [5, 5.41) is 3.41. The molecule has 1 N–H and O–H groups in total. The highest BCUT2D eigenvalue weighted by Gasteiger charge is 2.33. The summed E-state index contributed by atoms with van der Waals surface area (Å²) in [6.45, 7) is -0.781. The molecule has 0 aliphatic rings. The maximum Gasteiger partial charge on any atom is 0.244 e. The number of carbonyl (C=O) groups is 2. The molecule has 1 atom stereocenters. The average Bonchev–Trinajstić information content (AvgIpc) is 2.87. The standard InChI is InChI=1S/C26H24Cl5N3O4S/c1-32-26(36)24(10-16-6-4-3-5-7-16)33(14-17-8-9-18(27)11-19(17)28)25(35)15-34(39(2,37)38)23-13-21(30)20(29)12-22(23)31/h3-9,11-13,24H,10,14-15H2,1-2H3,(H,32,36)/t24-/m0/s1. The van der Waals surface area contributed by atoms with Crippen LogP contribution in [0.1, 0.15) is 11.1 Å². The first-order valence-corrected chi connectivity index (χ1v) is 15.2. The molecule has 3 aromatic rings. The summed E-state index contributed by atoms with van der Waals surface area (Å²) in [5.74, 6) is -1.13. The van der Waals surface area contributed by atoms with Crippen LogP contribution in [0.5, 0.6) is 0 Å².